The van der Waals surface area contributed by atoms with E-state index in [9.17, 15) is 0 Å². The van der Waals surface area contributed by atoms with E-state index in [1.807, 2.05) is 0 Å². The van der Waals surface area contributed by atoms with Crippen LogP contribution in [0.15, 0.2) is 28.7 Å². The van der Waals surface area contributed by atoms with Gasteiger partial charge in [-0.1, -0.05) is 39.7 Å². The fourth-order valence-electron chi connectivity index (χ4n) is 2.77. The lowest BCUT2D eigenvalue weighted by molar-refractivity contribution is 0.408. The zero-order valence-electron chi connectivity index (χ0n) is 13.7. The van der Waals surface area contributed by atoms with Gasteiger partial charge in [0.25, 0.3) is 0 Å². The highest BCUT2D eigenvalue weighted by Crippen LogP contribution is 2.27. The molecule has 0 aliphatic carbocycles. The number of fused-ring (bicyclic) bond motifs is 1. The largest absolute Gasteiger partial charge is 0.459 e. The van der Waals surface area contributed by atoms with Gasteiger partial charge in [0.05, 0.1) is 6.04 Å². The maximum Gasteiger partial charge on any atom is 0.134 e. The van der Waals surface area contributed by atoms with E-state index in [-0.39, 0.29) is 0 Å². The SMILES string of the molecule is CCCCc1ccc2oc(C(CCC)NCCC)cc2c1. The van der Waals surface area contributed by atoms with E-state index in [0.29, 0.717) is 6.04 Å². The first-order valence-corrected chi connectivity index (χ1v) is 8.54. The summed E-state index contributed by atoms with van der Waals surface area (Å²) in [6.45, 7) is 7.72. The van der Waals surface area contributed by atoms with Crippen molar-refractivity contribution in [2.24, 2.45) is 0 Å². The van der Waals surface area contributed by atoms with Crippen LogP contribution in [0.4, 0.5) is 0 Å². The Labute approximate surface area is 128 Å². The Morgan fingerprint density at radius 1 is 1.05 bits per heavy atom. The third-order valence-corrected chi connectivity index (χ3v) is 3.98. The first kappa shape index (κ1) is 16.1. The Morgan fingerprint density at radius 2 is 1.90 bits per heavy atom. The molecule has 0 spiro atoms. The van der Waals surface area contributed by atoms with Gasteiger partial charge in [0.2, 0.25) is 0 Å². The highest BCUT2D eigenvalue weighted by molar-refractivity contribution is 5.78. The van der Waals surface area contributed by atoms with Gasteiger partial charge < -0.3 is 9.73 Å². The van der Waals surface area contributed by atoms with E-state index >= 15 is 0 Å². The molecule has 0 aliphatic rings. The Morgan fingerprint density at radius 3 is 2.62 bits per heavy atom. The lowest BCUT2D eigenvalue weighted by Crippen LogP contribution is -2.21. The van der Waals surface area contributed by atoms with Gasteiger partial charge in [-0.25, -0.2) is 0 Å². The number of hydrogen-bond donors (Lipinski definition) is 1. The molecule has 2 rings (SSSR count). The quantitative estimate of drug-likeness (QED) is 0.648. The minimum absolute atomic E-state index is 0.349. The zero-order valence-corrected chi connectivity index (χ0v) is 13.7. The molecule has 0 saturated heterocycles. The van der Waals surface area contributed by atoms with Crippen LogP contribution in [0.5, 0.6) is 0 Å². The molecule has 116 valence electrons. The van der Waals surface area contributed by atoms with Crippen molar-refractivity contribution in [2.75, 3.05) is 6.54 Å². The summed E-state index contributed by atoms with van der Waals surface area (Å²) >= 11 is 0. The van der Waals surface area contributed by atoms with Crippen LogP contribution in [0.25, 0.3) is 11.0 Å². The topological polar surface area (TPSA) is 25.2 Å². The summed E-state index contributed by atoms with van der Waals surface area (Å²) in [5, 5.41) is 4.85. The maximum atomic E-state index is 6.08. The number of rotatable bonds is 9. The molecule has 0 bridgehead atoms. The van der Waals surface area contributed by atoms with Crippen molar-refractivity contribution in [1.29, 1.82) is 0 Å². The van der Waals surface area contributed by atoms with Crippen LogP contribution >= 0.6 is 0 Å². The van der Waals surface area contributed by atoms with Gasteiger partial charge in [-0.3, -0.25) is 0 Å². The lowest BCUT2D eigenvalue weighted by Gasteiger charge is -2.14. The minimum Gasteiger partial charge on any atom is -0.459 e. The van der Waals surface area contributed by atoms with Gasteiger partial charge in [0, 0.05) is 5.39 Å². The van der Waals surface area contributed by atoms with Crippen LogP contribution < -0.4 is 5.32 Å². The molecule has 1 heterocycles. The highest BCUT2D eigenvalue weighted by Gasteiger charge is 2.15. The molecule has 0 aliphatic heterocycles. The van der Waals surface area contributed by atoms with Crippen molar-refractivity contribution in [2.45, 2.75) is 65.3 Å². The summed E-state index contributed by atoms with van der Waals surface area (Å²) in [5.74, 6) is 1.09. The van der Waals surface area contributed by atoms with E-state index in [2.05, 4.69) is 50.4 Å². The summed E-state index contributed by atoms with van der Waals surface area (Å²) in [4.78, 5) is 0. The highest BCUT2D eigenvalue weighted by atomic mass is 16.3. The maximum absolute atomic E-state index is 6.08. The zero-order chi connectivity index (χ0) is 15.1. The molecule has 0 saturated carbocycles. The summed E-state index contributed by atoms with van der Waals surface area (Å²) in [6, 6.07) is 9.21. The number of hydrogen-bond acceptors (Lipinski definition) is 2. The van der Waals surface area contributed by atoms with Crippen molar-refractivity contribution in [3.05, 3.63) is 35.6 Å². The van der Waals surface area contributed by atoms with Crippen molar-refractivity contribution in [3.8, 4) is 0 Å². The Bertz CT molecular complexity index is 543. The summed E-state index contributed by atoms with van der Waals surface area (Å²) in [7, 11) is 0. The number of benzene rings is 1. The standard InChI is InChI=1S/C19H29NO/c1-4-7-9-15-10-11-18-16(13-15)14-19(21-18)17(8-5-2)20-12-6-3/h10-11,13-14,17,20H,4-9,12H2,1-3H3. The van der Waals surface area contributed by atoms with Gasteiger partial charge in [-0.05, 0) is 56.0 Å². The van der Waals surface area contributed by atoms with Gasteiger partial charge in [-0.2, -0.15) is 0 Å². The van der Waals surface area contributed by atoms with Gasteiger partial charge >= 0.3 is 0 Å². The van der Waals surface area contributed by atoms with Gasteiger partial charge in [0.15, 0.2) is 0 Å². The molecular formula is C19H29NO. The van der Waals surface area contributed by atoms with Gasteiger partial charge in [-0.15, -0.1) is 0 Å². The Kier molecular flexibility index (Phi) is 6.31. The minimum atomic E-state index is 0.349. The molecule has 1 N–H and O–H groups in total. The van der Waals surface area contributed by atoms with Crippen LogP contribution in [0.3, 0.4) is 0 Å². The molecule has 2 heteroatoms. The van der Waals surface area contributed by atoms with Crippen LogP contribution in [0, 0.1) is 0 Å². The second kappa shape index (κ2) is 8.23. The number of nitrogens with one attached hydrogen (secondary N) is 1. The predicted octanol–water partition coefficient (Wildman–Crippen LogP) is 5.62. The number of furan rings is 1. The number of unbranched alkanes of at least 4 members (excludes halogenated alkanes) is 1. The molecule has 1 unspecified atom stereocenters. The van der Waals surface area contributed by atoms with E-state index in [1.54, 1.807) is 0 Å². The van der Waals surface area contributed by atoms with E-state index in [1.165, 1.54) is 36.6 Å². The fraction of sp³-hybridized carbons (Fsp3) is 0.579. The van der Waals surface area contributed by atoms with E-state index in [4.69, 9.17) is 4.42 Å². The predicted molar refractivity (Wildman–Crippen MR) is 90.8 cm³/mol. The molecule has 0 amide bonds. The van der Waals surface area contributed by atoms with E-state index < -0.39 is 0 Å². The fourth-order valence-corrected chi connectivity index (χ4v) is 2.77. The van der Waals surface area contributed by atoms with Crippen molar-refractivity contribution in [3.63, 3.8) is 0 Å². The average Bonchev–Trinajstić information content (AvgIpc) is 2.92. The van der Waals surface area contributed by atoms with Crippen molar-refractivity contribution >= 4 is 11.0 Å². The summed E-state index contributed by atoms with van der Waals surface area (Å²) in [5.41, 5.74) is 2.44. The molecule has 1 aromatic carbocycles. The third-order valence-electron chi connectivity index (χ3n) is 3.98. The molecule has 2 aromatic rings. The second-order valence-electron chi connectivity index (χ2n) is 5.92. The molecule has 1 atom stereocenters. The molecule has 1 aromatic heterocycles. The molecule has 21 heavy (non-hydrogen) atoms. The van der Waals surface area contributed by atoms with Crippen molar-refractivity contribution in [1.82, 2.24) is 5.32 Å². The third kappa shape index (κ3) is 4.34. The smallest absolute Gasteiger partial charge is 0.134 e. The average molecular weight is 287 g/mol. The Balaban J connectivity index is 2.19. The first-order chi connectivity index (χ1) is 10.3. The monoisotopic (exact) mass is 287 g/mol. The summed E-state index contributed by atoms with van der Waals surface area (Å²) < 4.78 is 6.08. The molecule has 0 radical (unpaired) electrons. The molecular weight excluding hydrogens is 258 g/mol. The van der Waals surface area contributed by atoms with Gasteiger partial charge in [0.1, 0.15) is 11.3 Å². The molecule has 2 nitrogen and oxygen atoms in total. The molecule has 0 fully saturated rings. The van der Waals surface area contributed by atoms with Crippen LogP contribution in [0.2, 0.25) is 0 Å². The number of aryl methyl sites for hydroxylation is 1. The van der Waals surface area contributed by atoms with Crippen LogP contribution in [0.1, 0.15) is 70.2 Å². The van der Waals surface area contributed by atoms with Crippen LogP contribution in [-0.4, -0.2) is 6.54 Å². The summed E-state index contributed by atoms with van der Waals surface area (Å²) in [6.07, 6.45) is 7.12. The Hall–Kier alpha value is -1.28. The normalized spacial score (nSPS) is 12.9. The lowest BCUT2D eigenvalue weighted by atomic mass is 10.1. The van der Waals surface area contributed by atoms with E-state index in [0.717, 1.165) is 30.7 Å². The van der Waals surface area contributed by atoms with Crippen LogP contribution in [-0.2, 0) is 6.42 Å². The van der Waals surface area contributed by atoms with Crippen molar-refractivity contribution < 1.29 is 4.42 Å². The second-order valence-corrected chi connectivity index (χ2v) is 5.92. The first-order valence-electron chi connectivity index (χ1n) is 8.54.